The van der Waals surface area contributed by atoms with Gasteiger partial charge in [0.1, 0.15) is 10.6 Å². The van der Waals surface area contributed by atoms with Crippen molar-refractivity contribution in [2.24, 2.45) is 21.5 Å². The molecule has 0 aromatic heterocycles. The van der Waals surface area contributed by atoms with E-state index in [1.54, 1.807) is 0 Å². The second-order valence-electron chi connectivity index (χ2n) is 9.00. The molecule has 1 aromatic carbocycles. The van der Waals surface area contributed by atoms with Crippen LogP contribution in [0.4, 0.5) is 16.2 Å². The Morgan fingerprint density at radius 3 is 2.51 bits per heavy atom. The third-order valence-electron chi connectivity index (χ3n) is 6.31. The van der Waals surface area contributed by atoms with Gasteiger partial charge < -0.3 is 16.2 Å². The molecule has 3 rings (SSSR count). The predicted octanol–water partition coefficient (Wildman–Crippen LogP) is 3.95. The van der Waals surface area contributed by atoms with E-state index in [0.29, 0.717) is 12.8 Å². The lowest BCUT2D eigenvalue weighted by Crippen LogP contribution is -2.58. The quantitative estimate of drug-likeness (QED) is 0.271. The summed E-state index contributed by atoms with van der Waals surface area (Å²) in [5.74, 6) is -0.0197. The van der Waals surface area contributed by atoms with Crippen LogP contribution in [0.5, 0.6) is 0 Å². The van der Waals surface area contributed by atoms with Gasteiger partial charge in [-0.1, -0.05) is 45.4 Å². The Bertz CT molecular complexity index is 1070. The van der Waals surface area contributed by atoms with Gasteiger partial charge in [0.05, 0.1) is 12.3 Å². The number of nitrogens with zero attached hydrogens (tertiary/aromatic N) is 3. The number of anilines is 2. The van der Waals surface area contributed by atoms with Crippen molar-refractivity contribution in [3.05, 3.63) is 18.2 Å². The first-order chi connectivity index (χ1) is 16.7. The molecule has 1 amide bonds. The van der Waals surface area contributed by atoms with E-state index in [4.69, 9.17) is 16.2 Å². The van der Waals surface area contributed by atoms with E-state index in [-0.39, 0.29) is 34.8 Å². The van der Waals surface area contributed by atoms with Gasteiger partial charge in [-0.25, -0.2) is 9.79 Å². The van der Waals surface area contributed by atoms with Gasteiger partial charge >= 0.3 is 6.09 Å². The van der Waals surface area contributed by atoms with Crippen LogP contribution in [0.15, 0.2) is 33.1 Å². The van der Waals surface area contributed by atoms with Gasteiger partial charge in [0.15, 0.2) is 0 Å². The minimum atomic E-state index is -4.62. The Balaban J connectivity index is 1.81. The lowest BCUT2D eigenvalue weighted by molar-refractivity contribution is 0.159. The molecule has 1 fully saturated rings. The van der Waals surface area contributed by atoms with E-state index in [0.717, 1.165) is 38.5 Å². The number of carbonyl (C=O) groups excluding carboxylic acids is 1. The number of aliphatic imine (C=N–C) groups is 2. The zero-order valence-electron chi connectivity index (χ0n) is 20.2. The Morgan fingerprint density at radius 1 is 1.14 bits per heavy atom. The van der Waals surface area contributed by atoms with E-state index < -0.39 is 21.9 Å². The van der Waals surface area contributed by atoms with Crippen LogP contribution in [0.1, 0.15) is 77.6 Å². The first kappa shape index (κ1) is 26.7. The monoisotopic (exact) mass is 508 g/mol. The molecule has 1 aliphatic carbocycles. The highest BCUT2D eigenvalue weighted by Gasteiger charge is 2.44. The van der Waals surface area contributed by atoms with Gasteiger partial charge in [-0.15, -0.1) is 0 Å². The highest BCUT2D eigenvalue weighted by Crippen LogP contribution is 2.42. The van der Waals surface area contributed by atoms with E-state index in [1.165, 1.54) is 42.4 Å². The van der Waals surface area contributed by atoms with Crippen molar-refractivity contribution in [1.82, 2.24) is 0 Å². The van der Waals surface area contributed by atoms with Gasteiger partial charge in [0.25, 0.3) is 10.1 Å². The fourth-order valence-corrected chi connectivity index (χ4v) is 5.31. The molecule has 0 saturated heterocycles. The number of amides is 1. The van der Waals surface area contributed by atoms with Gasteiger partial charge in [0, 0.05) is 5.69 Å². The van der Waals surface area contributed by atoms with Crippen molar-refractivity contribution >= 4 is 39.5 Å². The van der Waals surface area contributed by atoms with Crippen molar-refractivity contribution in [3.8, 4) is 0 Å². The number of rotatable bonds is 10. The number of benzene rings is 1. The predicted molar refractivity (Wildman–Crippen MR) is 136 cm³/mol. The molecular formula is C23H36N6O5S. The van der Waals surface area contributed by atoms with Crippen LogP contribution >= 0.6 is 0 Å². The summed E-state index contributed by atoms with van der Waals surface area (Å²) >= 11 is 0. The highest BCUT2D eigenvalue weighted by molar-refractivity contribution is 7.86. The minimum Gasteiger partial charge on any atom is -0.449 e. The molecular weight excluding hydrogens is 472 g/mol. The Morgan fingerprint density at radius 2 is 1.83 bits per heavy atom. The molecule has 6 N–H and O–H groups in total. The Hall–Kier alpha value is -2.86. The smallest absolute Gasteiger partial charge is 0.411 e. The molecule has 0 bridgehead atoms. The van der Waals surface area contributed by atoms with Crippen LogP contribution in [0.2, 0.25) is 0 Å². The molecule has 0 atom stereocenters. The minimum absolute atomic E-state index is 0.0154. The third-order valence-corrected chi connectivity index (χ3v) is 7.21. The molecule has 1 spiro atoms. The summed E-state index contributed by atoms with van der Waals surface area (Å²) < 4.78 is 39.6. The summed E-state index contributed by atoms with van der Waals surface area (Å²) in [6.45, 7) is 2.45. The average molecular weight is 509 g/mol. The molecule has 11 nitrogen and oxygen atoms in total. The SMILES string of the molecule is CCCCCCCCOC(=O)Nc1ccc(S(=O)(=O)O)c(N2C(N)=NC(N)=NC23CCCCC3)c1. The summed E-state index contributed by atoms with van der Waals surface area (Å²) in [5.41, 5.74) is 11.5. The maximum absolute atomic E-state index is 12.3. The summed E-state index contributed by atoms with van der Waals surface area (Å²) in [5, 5.41) is 2.62. The van der Waals surface area contributed by atoms with Crippen LogP contribution < -0.4 is 21.7 Å². The fourth-order valence-electron chi connectivity index (χ4n) is 4.66. The summed E-state index contributed by atoms with van der Waals surface area (Å²) in [6, 6.07) is 4.01. The maximum atomic E-state index is 12.3. The van der Waals surface area contributed by atoms with Gasteiger partial charge in [0.2, 0.25) is 11.9 Å². The lowest BCUT2D eigenvalue weighted by atomic mass is 9.87. The number of hydrogen-bond acceptors (Lipinski definition) is 9. The standard InChI is InChI=1S/C23H36N6O5S/c1-2-3-4-5-6-10-15-34-22(30)26-17-11-12-19(35(31,32)33)18(16-17)29-21(25)27-20(24)28-23(29)13-8-7-9-14-23/h11-12,16H,2-10,13-15H2,1H3,(H,26,30)(H,31,32,33)(H4,24,25,27,28). The van der Waals surface area contributed by atoms with Crippen LogP contribution in [0, 0.1) is 0 Å². The average Bonchev–Trinajstić information content (AvgIpc) is 2.78. The number of ether oxygens (including phenoxy) is 1. The molecule has 1 heterocycles. The van der Waals surface area contributed by atoms with Crippen molar-refractivity contribution in [3.63, 3.8) is 0 Å². The molecule has 12 heteroatoms. The van der Waals surface area contributed by atoms with Gasteiger partial charge in [-0.2, -0.15) is 13.4 Å². The van der Waals surface area contributed by atoms with Gasteiger partial charge in [-0.05, 0) is 50.3 Å². The molecule has 194 valence electrons. The topological polar surface area (TPSA) is 173 Å². The fraction of sp³-hybridized carbons (Fsp3) is 0.609. The lowest BCUT2D eigenvalue weighted by Gasteiger charge is -2.46. The van der Waals surface area contributed by atoms with Crippen LogP contribution in [-0.4, -0.2) is 43.3 Å². The van der Waals surface area contributed by atoms with Crippen LogP contribution in [-0.2, 0) is 14.9 Å². The number of nitrogens with two attached hydrogens (primary N) is 2. The van der Waals surface area contributed by atoms with Gasteiger partial charge in [-0.3, -0.25) is 14.8 Å². The van der Waals surface area contributed by atoms with Crippen LogP contribution in [0.25, 0.3) is 0 Å². The Labute approximate surface area is 206 Å². The molecule has 1 saturated carbocycles. The third kappa shape index (κ3) is 6.85. The van der Waals surface area contributed by atoms with Crippen LogP contribution in [0.3, 0.4) is 0 Å². The highest BCUT2D eigenvalue weighted by atomic mass is 32.2. The number of guanidine groups is 2. The maximum Gasteiger partial charge on any atom is 0.411 e. The first-order valence-corrected chi connectivity index (χ1v) is 13.7. The molecule has 1 aromatic rings. The summed E-state index contributed by atoms with van der Waals surface area (Å²) in [4.78, 5) is 22.0. The number of nitrogens with one attached hydrogen (secondary N) is 1. The molecule has 0 radical (unpaired) electrons. The van der Waals surface area contributed by atoms with Crippen molar-refractivity contribution in [2.45, 2.75) is 88.1 Å². The van der Waals surface area contributed by atoms with Crippen molar-refractivity contribution in [2.75, 3.05) is 16.8 Å². The number of hydrogen-bond donors (Lipinski definition) is 4. The molecule has 2 aliphatic rings. The second-order valence-corrected chi connectivity index (χ2v) is 10.4. The zero-order valence-corrected chi connectivity index (χ0v) is 21.0. The molecule has 0 unspecified atom stereocenters. The second kappa shape index (κ2) is 11.7. The van der Waals surface area contributed by atoms with Crippen molar-refractivity contribution in [1.29, 1.82) is 0 Å². The largest absolute Gasteiger partial charge is 0.449 e. The normalized spacial score (nSPS) is 17.6. The van der Waals surface area contributed by atoms with E-state index >= 15 is 0 Å². The molecule has 35 heavy (non-hydrogen) atoms. The number of carbonyl (C=O) groups is 1. The first-order valence-electron chi connectivity index (χ1n) is 12.2. The summed E-state index contributed by atoms with van der Waals surface area (Å²) in [7, 11) is -4.62. The number of unbranched alkanes of at least 4 members (excludes halogenated alkanes) is 5. The van der Waals surface area contributed by atoms with E-state index in [9.17, 15) is 17.8 Å². The Kier molecular flexibility index (Phi) is 8.95. The zero-order chi connectivity index (χ0) is 25.5. The summed E-state index contributed by atoms with van der Waals surface area (Å²) in [6.07, 6.45) is 9.58. The van der Waals surface area contributed by atoms with Crippen molar-refractivity contribution < 1.29 is 22.5 Å². The molecule has 1 aliphatic heterocycles. The van der Waals surface area contributed by atoms with E-state index in [2.05, 4.69) is 22.2 Å². The van der Waals surface area contributed by atoms with E-state index in [1.807, 2.05) is 0 Å².